The molecule has 17 heavy (non-hydrogen) atoms. The summed E-state index contributed by atoms with van der Waals surface area (Å²) in [6.45, 7) is -0.223. The first-order valence-corrected chi connectivity index (χ1v) is 5.89. The maximum Gasteiger partial charge on any atom is 0.246 e. The van der Waals surface area contributed by atoms with Crippen LogP contribution in [0.2, 0.25) is 0 Å². The van der Waals surface area contributed by atoms with Gasteiger partial charge in [0.1, 0.15) is 16.5 Å². The first-order chi connectivity index (χ1) is 7.80. The van der Waals surface area contributed by atoms with Gasteiger partial charge < -0.3 is 5.73 Å². The Morgan fingerprint density at radius 2 is 2.00 bits per heavy atom. The van der Waals surface area contributed by atoms with Crippen LogP contribution in [-0.2, 0) is 10.0 Å². The summed E-state index contributed by atoms with van der Waals surface area (Å²) >= 11 is 0. The highest BCUT2D eigenvalue weighted by Crippen LogP contribution is 2.23. The molecule has 0 saturated carbocycles. The first-order valence-electron chi connectivity index (χ1n) is 4.45. The second-order valence-electron chi connectivity index (χ2n) is 3.27. The molecule has 0 aliphatic carbocycles. The van der Waals surface area contributed by atoms with Crippen LogP contribution in [0, 0.1) is 24.0 Å². The molecule has 4 nitrogen and oxygen atoms in total. The van der Waals surface area contributed by atoms with Crippen LogP contribution in [0.4, 0.5) is 14.5 Å². The SMILES string of the molecule is C#CCN(C)S(=O)(=O)c1cc(N)c(F)cc1F. The number of benzene rings is 1. The highest BCUT2D eigenvalue weighted by molar-refractivity contribution is 7.89. The van der Waals surface area contributed by atoms with Gasteiger partial charge in [0.2, 0.25) is 10.0 Å². The van der Waals surface area contributed by atoms with Gasteiger partial charge in [0.25, 0.3) is 0 Å². The molecule has 0 aliphatic heterocycles. The Bertz CT molecular complexity index is 579. The average molecular weight is 260 g/mol. The summed E-state index contributed by atoms with van der Waals surface area (Å²) in [5, 5.41) is 0. The summed E-state index contributed by atoms with van der Waals surface area (Å²) in [7, 11) is -2.91. The Morgan fingerprint density at radius 3 is 2.53 bits per heavy atom. The van der Waals surface area contributed by atoms with Crippen molar-refractivity contribution in [2.45, 2.75) is 4.90 Å². The van der Waals surface area contributed by atoms with E-state index in [1.807, 2.05) is 0 Å². The third kappa shape index (κ3) is 2.54. The fraction of sp³-hybridized carbons (Fsp3) is 0.200. The van der Waals surface area contributed by atoms with Gasteiger partial charge in [-0.2, -0.15) is 4.31 Å². The van der Waals surface area contributed by atoms with Crippen LogP contribution in [0.5, 0.6) is 0 Å². The molecule has 0 bridgehead atoms. The lowest BCUT2D eigenvalue weighted by molar-refractivity contribution is 0.490. The number of nitrogens with zero attached hydrogens (tertiary/aromatic N) is 1. The number of nitrogen functional groups attached to an aromatic ring is 1. The summed E-state index contributed by atoms with van der Waals surface area (Å²) in [5.74, 6) is -0.113. The number of hydrogen-bond donors (Lipinski definition) is 1. The molecular formula is C10H10F2N2O2S. The van der Waals surface area contributed by atoms with Gasteiger partial charge in [-0.3, -0.25) is 0 Å². The van der Waals surface area contributed by atoms with Gasteiger partial charge in [-0.15, -0.1) is 6.42 Å². The number of hydrogen-bond acceptors (Lipinski definition) is 3. The molecular weight excluding hydrogens is 250 g/mol. The number of anilines is 1. The molecule has 0 fully saturated rings. The Hall–Kier alpha value is -1.65. The molecule has 0 aliphatic rings. The molecule has 0 atom stereocenters. The van der Waals surface area contributed by atoms with Crippen molar-refractivity contribution in [2.75, 3.05) is 19.3 Å². The van der Waals surface area contributed by atoms with Gasteiger partial charge in [-0.1, -0.05) is 5.92 Å². The Labute approximate surface area is 98.1 Å². The second kappa shape index (κ2) is 4.69. The Kier molecular flexibility index (Phi) is 3.70. The molecule has 0 unspecified atom stereocenters. The molecule has 7 heteroatoms. The normalized spacial score (nSPS) is 11.5. The van der Waals surface area contributed by atoms with Gasteiger partial charge in [0, 0.05) is 13.1 Å². The predicted octanol–water partition coefficient (Wildman–Crippen LogP) is 0.801. The van der Waals surface area contributed by atoms with Crippen LogP contribution in [0.3, 0.4) is 0 Å². The highest BCUT2D eigenvalue weighted by Gasteiger charge is 2.25. The van der Waals surface area contributed by atoms with Crippen molar-refractivity contribution >= 4 is 15.7 Å². The summed E-state index contributed by atoms with van der Waals surface area (Å²) in [5.41, 5.74) is 4.75. The molecule has 0 radical (unpaired) electrons. The number of halogens is 2. The van der Waals surface area contributed by atoms with Gasteiger partial charge in [0.05, 0.1) is 12.2 Å². The Morgan fingerprint density at radius 1 is 1.41 bits per heavy atom. The number of nitrogens with two attached hydrogens (primary N) is 1. The summed E-state index contributed by atoms with van der Waals surface area (Å²) in [4.78, 5) is -0.700. The van der Waals surface area contributed by atoms with E-state index in [2.05, 4.69) is 5.92 Å². The predicted molar refractivity (Wildman–Crippen MR) is 59.4 cm³/mol. The standard InChI is InChI=1S/C10H10F2N2O2S/c1-3-4-14(2)17(15,16)10-6-9(13)7(11)5-8(10)12/h1,5-6H,4,13H2,2H3. The fourth-order valence-corrected chi connectivity index (χ4v) is 2.29. The van der Waals surface area contributed by atoms with Crippen LogP contribution >= 0.6 is 0 Å². The molecule has 2 N–H and O–H groups in total. The van der Waals surface area contributed by atoms with E-state index in [9.17, 15) is 17.2 Å². The minimum atomic E-state index is -4.10. The quantitative estimate of drug-likeness (QED) is 0.646. The van der Waals surface area contributed by atoms with Crippen molar-refractivity contribution in [1.29, 1.82) is 0 Å². The van der Waals surface area contributed by atoms with E-state index in [4.69, 9.17) is 12.2 Å². The monoisotopic (exact) mass is 260 g/mol. The molecule has 1 aromatic carbocycles. The largest absolute Gasteiger partial charge is 0.396 e. The van der Waals surface area contributed by atoms with Crippen LogP contribution < -0.4 is 5.73 Å². The lowest BCUT2D eigenvalue weighted by atomic mass is 10.3. The van der Waals surface area contributed by atoms with Crippen molar-refractivity contribution in [1.82, 2.24) is 4.31 Å². The lowest BCUT2D eigenvalue weighted by Gasteiger charge is -2.15. The third-order valence-electron chi connectivity index (χ3n) is 2.05. The van der Waals surface area contributed by atoms with E-state index in [0.717, 1.165) is 10.4 Å². The summed E-state index contributed by atoms with van der Waals surface area (Å²) in [6.07, 6.45) is 4.96. The van der Waals surface area contributed by atoms with E-state index in [-0.39, 0.29) is 6.54 Å². The lowest BCUT2D eigenvalue weighted by Crippen LogP contribution is -2.28. The minimum Gasteiger partial charge on any atom is -0.396 e. The molecule has 0 spiro atoms. The molecule has 1 aromatic rings. The third-order valence-corrected chi connectivity index (χ3v) is 3.87. The van der Waals surface area contributed by atoms with Gasteiger partial charge in [-0.05, 0) is 6.07 Å². The van der Waals surface area contributed by atoms with Gasteiger partial charge in [0.15, 0.2) is 0 Å². The van der Waals surface area contributed by atoms with Gasteiger partial charge in [-0.25, -0.2) is 17.2 Å². The van der Waals surface area contributed by atoms with Gasteiger partial charge >= 0.3 is 0 Å². The molecule has 1 rings (SSSR count). The number of rotatable bonds is 3. The molecule has 0 saturated heterocycles. The smallest absolute Gasteiger partial charge is 0.246 e. The zero-order valence-electron chi connectivity index (χ0n) is 8.94. The van der Waals surface area contributed by atoms with Crippen LogP contribution in [0.1, 0.15) is 0 Å². The zero-order chi connectivity index (χ0) is 13.2. The van der Waals surface area contributed by atoms with Crippen LogP contribution in [0.15, 0.2) is 17.0 Å². The molecule has 92 valence electrons. The highest BCUT2D eigenvalue weighted by atomic mass is 32.2. The van der Waals surface area contributed by atoms with E-state index >= 15 is 0 Å². The van der Waals surface area contributed by atoms with E-state index in [1.54, 1.807) is 0 Å². The fourth-order valence-electron chi connectivity index (χ4n) is 1.12. The zero-order valence-corrected chi connectivity index (χ0v) is 9.76. The van der Waals surface area contributed by atoms with Crippen molar-refractivity contribution in [3.05, 3.63) is 23.8 Å². The second-order valence-corrected chi connectivity index (χ2v) is 5.28. The molecule has 0 amide bonds. The van der Waals surface area contributed by atoms with E-state index in [0.29, 0.717) is 6.07 Å². The van der Waals surface area contributed by atoms with Crippen molar-refractivity contribution in [2.24, 2.45) is 0 Å². The van der Waals surface area contributed by atoms with E-state index < -0.39 is 32.2 Å². The van der Waals surface area contributed by atoms with Crippen LogP contribution in [-0.4, -0.2) is 26.3 Å². The maximum atomic E-state index is 13.4. The van der Waals surface area contributed by atoms with E-state index in [1.165, 1.54) is 7.05 Å². The van der Waals surface area contributed by atoms with Crippen molar-refractivity contribution in [3.63, 3.8) is 0 Å². The topological polar surface area (TPSA) is 63.4 Å². The first kappa shape index (κ1) is 13.4. The number of sulfonamides is 1. The van der Waals surface area contributed by atoms with Crippen molar-refractivity contribution < 1.29 is 17.2 Å². The minimum absolute atomic E-state index is 0.223. The average Bonchev–Trinajstić information content (AvgIpc) is 2.23. The van der Waals surface area contributed by atoms with Crippen LogP contribution in [0.25, 0.3) is 0 Å². The molecule has 0 aromatic heterocycles. The number of terminal acetylenes is 1. The summed E-state index contributed by atoms with van der Waals surface area (Å²) in [6, 6.07) is 1.15. The van der Waals surface area contributed by atoms with Crippen molar-refractivity contribution in [3.8, 4) is 12.3 Å². The molecule has 0 heterocycles. The Balaban J connectivity index is 3.35. The maximum absolute atomic E-state index is 13.4. The summed E-state index contributed by atoms with van der Waals surface area (Å²) < 4.78 is 50.7.